The maximum atomic E-state index is 13.6. The van der Waals surface area contributed by atoms with Crippen LogP contribution in [0.4, 0.5) is 4.39 Å². The smallest absolute Gasteiger partial charge is 0.254 e. The van der Waals surface area contributed by atoms with Gasteiger partial charge < -0.3 is 9.30 Å². The molecule has 1 aromatic heterocycles. The minimum Gasteiger partial charge on any atom is -0.376 e. The average molecular weight is 489 g/mol. The number of fused-ring (bicyclic) bond motifs is 1. The summed E-state index contributed by atoms with van der Waals surface area (Å²) in [7, 11) is -3.38. The molecular formula is C26H33FN2O4S. The van der Waals surface area contributed by atoms with Gasteiger partial charge in [-0.15, -0.1) is 0 Å². The van der Waals surface area contributed by atoms with E-state index in [4.69, 9.17) is 4.74 Å². The Balaban J connectivity index is 1.29. The number of pyridine rings is 1. The molecule has 2 aliphatic carbocycles. The number of rotatable bonds is 7. The summed E-state index contributed by atoms with van der Waals surface area (Å²) in [6.07, 6.45) is 6.33. The van der Waals surface area contributed by atoms with Gasteiger partial charge in [-0.1, -0.05) is 18.2 Å². The molecule has 6 nitrogen and oxygen atoms in total. The molecule has 2 atom stereocenters. The average Bonchev–Trinajstić information content (AvgIpc) is 3.67. The van der Waals surface area contributed by atoms with E-state index in [-0.39, 0.29) is 34.8 Å². The van der Waals surface area contributed by atoms with Gasteiger partial charge >= 0.3 is 0 Å². The first kappa shape index (κ1) is 23.7. The van der Waals surface area contributed by atoms with Gasteiger partial charge in [-0.2, -0.15) is 0 Å². The highest BCUT2D eigenvalue weighted by Crippen LogP contribution is 2.35. The Kier molecular flexibility index (Phi) is 6.66. The zero-order valence-corrected chi connectivity index (χ0v) is 20.4. The molecule has 0 saturated heterocycles. The molecule has 0 amide bonds. The van der Waals surface area contributed by atoms with Gasteiger partial charge in [-0.25, -0.2) is 17.5 Å². The first-order valence-electron chi connectivity index (χ1n) is 12.4. The molecule has 0 spiro atoms. The van der Waals surface area contributed by atoms with Crippen molar-refractivity contribution in [3.63, 3.8) is 0 Å². The third-order valence-electron chi connectivity index (χ3n) is 7.67. The number of ether oxygens (including phenoxy) is 1. The van der Waals surface area contributed by atoms with Gasteiger partial charge in [0.25, 0.3) is 5.56 Å². The molecular weight excluding hydrogens is 455 g/mol. The Bertz CT molecular complexity index is 1200. The lowest BCUT2D eigenvalue weighted by atomic mass is 9.82. The van der Waals surface area contributed by atoms with E-state index in [1.165, 1.54) is 6.07 Å². The predicted molar refractivity (Wildman–Crippen MR) is 129 cm³/mol. The largest absolute Gasteiger partial charge is 0.376 e. The maximum Gasteiger partial charge on any atom is 0.254 e. The van der Waals surface area contributed by atoms with Gasteiger partial charge in [0.1, 0.15) is 5.82 Å². The molecule has 2 fully saturated rings. The number of aromatic nitrogens is 1. The fraction of sp³-hybridized carbons (Fsp3) is 0.577. The molecule has 2 saturated carbocycles. The van der Waals surface area contributed by atoms with E-state index < -0.39 is 10.0 Å². The van der Waals surface area contributed by atoms with E-state index in [0.29, 0.717) is 43.8 Å². The summed E-state index contributed by atoms with van der Waals surface area (Å²) in [5.74, 6) is 0.126. The van der Waals surface area contributed by atoms with Crippen LogP contribution in [0.5, 0.6) is 0 Å². The van der Waals surface area contributed by atoms with E-state index in [9.17, 15) is 17.6 Å². The van der Waals surface area contributed by atoms with E-state index in [2.05, 4.69) is 4.72 Å². The summed E-state index contributed by atoms with van der Waals surface area (Å²) in [5.41, 5.74) is 2.54. The number of hydrogen-bond donors (Lipinski definition) is 1. The number of nitrogens with one attached hydrogen (secondary N) is 1. The lowest BCUT2D eigenvalue weighted by Crippen LogP contribution is -2.50. The molecule has 1 N–H and O–H groups in total. The first-order chi connectivity index (χ1) is 16.3. The highest BCUT2D eigenvalue weighted by Gasteiger charge is 2.40. The fourth-order valence-corrected chi connectivity index (χ4v) is 7.15. The number of nitrogens with zero attached hydrogens (tertiary/aromatic N) is 1. The lowest BCUT2D eigenvalue weighted by molar-refractivity contribution is -0.00170. The summed E-state index contributed by atoms with van der Waals surface area (Å²) in [4.78, 5) is 13.1. The molecule has 34 heavy (non-hydrogen) atoms. The SMILES string of the molecule is Cc1ccc2n(c1=O)[C@@H](COC1CCC(c3cccc(F)c3)CC1)[C@@H](NS(=O)(=O)C1CC1)CC2. The Labute approximate surface area is 200 Å². The van der Waals surface area contributed by atoms with E-state index >= 15 is 0 Å². The molecule has 3 aliphatic rings. The zero-order chi connectivity index (χ0) is 23.9. The highest BCUT2D eigenvalue weighted by atomic mass is 32.2. The van der Waals surface area contributed by atoms with Gasteiger partial charge in [-0.3, -0.25) is 4.79 Å². The fourth-order valence-electron chi connectivity index (χ4n) is 5.51. The molecule has 0 radical (unpaired) electrons. The van der Waals surface area contributed by atoms with Crippen LogP contribution in [0.3, 0.4) is 0 Å². The maximum absolute atomic E-state index is 13.6. The van der Waals surface area contributed by atoms with Gasteiger partial charge in [0, 0.05) is 17.3 Å². The third-order valence-corrected chi connectivity index (χ3v) is 9.66. The van der Waals surface area contributed by atoms with Crippen LogP contribution in [0.15, 0.2) is 41.2 Å². The van der Waals surface area contributed by atoms with E-state index in [1.807, 2.05) is 18.2 Å². The van der Waals surface area contributed by atoms with E-state index in [0.717, 1.165) is 36.9 Å². The molecule has 0 unspecified atom stereocenters. The topological polar surface area (TPSA) is 77.4 Å². The van der Waals surface area contributed by atoms with Crippen molar-refractivity contribution in [2.45, 2.75) is 87.6 Å². The van der Waals surface area contributed by atoms with Crippen LogP contribution >= 0.6 is 0 Å². The van der Waals surface area contributed by atoms with Crippen molar-refractivity contribution in [3.8, 4) is 0 Å². The standard InChI is InChI=1S/C26H33FN2O4S/c1-17-5-8-21-9-14-24(28-34(31,32)23-12-13-23)25(29(21)26(17)30)16-33-22-10-6-18(7-11-22)19-3-2-4-20(27)15-19/h2-5,8,15,18,22-25,28H,6-7,9-14,16H2,1H3/t18?,22?,24-,25-/m0/s1. The molecule has 1 aliphatic heterocycles. The van der Waals surface area contributed by atoms with Crippen molar-refractivity contribution in [3.05, 3.63) is 69.4 Å². The van der Waals surface area contributed by atoms with Crippen molar-refractivity contribution in [1.29, 1.82) is 0 Å². The molecule has 8 heteroatoms. The summed E-state index contributed by atoms with van der Waals surface area (Å²) in [6.45, 7) is 2.09. The lowest BCUT2D eigenvalue weighted by Gasteiger charge is -2.37. The number of aryl methyl sites for hydroxylation is 2. The van der Waals surface area contributed by atoms with Gasteiger partial charge in [0.15, 0.2) is 0 Å². The second-order valence-corrected chi connectivity index (χ2v) is 12.1. The molecule has 0 bridgehead atoms. The molecule has 2 heterocycles. The monoisotopic (exact) mass is 488 g/mol. The van der Waals surface area contributed by atoms with Gasteiger partial charge in [0.05, 0.1) is 24.0 Å². The Morgan fingerprint density at radius 1 is 1.06 bits per heavy atom. The second-order valence-electron chi connectivity index (χ2n) is 10.1. The highest BCUT2D eigenvalue weighted by molar-refractivity contribution is 7.90. The predicted octanol–water partition coefficient (Wildman–Crippen LogP) is 3.98. The molecule has 5 rings (SSSR count). The van der Waals surface area contributed by atoms with E-state index in [1.54, 1.807) is 23.6 Å². The van der Waals surface area contributed by atoms with Crippen molar-refractivity contribution < 1.29 is 17.5 Å². The number of halogens is 1. The van der Waals surface area contributed by atoms with Crippen LogP contribution in [0.2, 0.25) is 0 Å². The van der Waals surface area contributed by atoms with Crippen LogP contribution in [-0.2, 0) is 21.2 Å². The van der Waals surface area contributed by atoms with Crippen LogP contribution in [-0.4, -0.2) is 37.0 Å². The van der Waals surface area contributed by atoms with Crippen LogP contribution in [0, 0.1) is 12.7 Å². The van der Waals surface area contributed by atoms with Gasteiger partial charge in [0.2, 0.25) is 10.0 Å². The van der Waals surface area contributed by atoms with Crippen LogP contribution in [0.1, 0.15) is 73.7 Å². The van der Waals surface area contributed by atoms with Crippen molar-refractivity contribution in [2.75, 3.05) is 6.61 Å². The zero-order valence-electron chi connectivity index (χ0n) is 19.6. The first-order valence-corrected chi connectivity index (χ1v) is 14.0. The number of benzene rings is 1. The summed E-state index contributed by atoms with van der Waals surface area (Å²) in [6, 6.07) is 9.92. The van der Waals surface area contributed by atoms with Crippen molar-refractivity contribution in [2.24, 2.45) is 0 Å². The Morgan fingerprint density at radius 3 is 2.53 bits per heavy atom. The number of hydrogen-bond acceptors (Lipinski definition) is 4. The Hall–Kier alpha value is -2.03. The summed E-state index contributed by atoms with van der Waals surface area (Å²) < 4.78 is 50.0. The minimum atomic E-state index is -3.38. The summed E-state index contributed by atoms with van der Waals surface area (Å²) >= 11 is 0. The Morgan fingerprint density at radius 2 is 1.82 bits per heavy atom. The molecule has 1 aromatic carbocycles. The normalized spacial score (nSPS) is 27.4. The molecule has 184 valence electrons. The minimum absolute atomic E-state index is 0.0522. The van der Waals surface area contributed by atoms with Crippen LogP contribution < -0.4 is 10.3 Å². The third kappa shape index (κ3) is 4.99. The number of sulfonamides is 1. The van der Waals surface area contributed by atoms with Crippen LogP contribution in [0.25, 0.3) is 0 Å². The van der Waals surface area contributed by atoms with Crippen molar-refractivity contribution >= 4 is 10.0 Å². The van der Waals surface area contributed by atoms with Gasteiger partial charge in [-0.05, 0) is 88.0 Å². The molecule has 2 aromatic rings. The van der Waals surface area contributed by atoms with Crippen molar-refractivity contribution in [1.82, 2.24) is 9.29 Å². The second kappa shape index (κ2) is 9.55. The quantitative estimate of drug-likeness (QED) is 0.640. The summed E-state index contributed by atoms with van der Waals surface area (Å²) in [5, 5.41) is -0.303.